The van der Waals surface area contributed by atoms with Gasteiger partial charge in [-0.3, -0.25) is 24.1 Å². The van der Waals surface area contributed by atoms with Crippen LogP contribution >= 0.6 is 23.5 Å². The van der Waals surface area contributed by atoms with E-state index in [0.717, 1.165) is 26.5 Å². The molecule has 0 unspecified atom stereocenters. The van der Waals surface area contributed by atoms with Crippen LogP contribution in [0, 0.1) is 0 Å². The van der Waals surface area contributed by atoms with Gasteiger partial charge in [-0.2, -0.15) is 0 Å². The van der Waals surface area contributed by atoms with Crippen molar-refractivity contribution >= 4 is 52.2 Å². The lowest BCUT2D eigenvalue weighted by Gasteiger charge is -2.13. The van der Waals surface area contributed by atoms with Crippen molar-refractivity contribution in [3.8, 4) is 0 Å². The molecule has 1 saturated heterocycles. The van der Waals surface area contributed by atoms with E-state index in [9.17, 15) is 19.2 Å². The molecular formula is C19H17N3O4S2. The number of hydrogen-bond donors (Lipinski definition) is 2. The molecule has 1 fully saturated rings. The maximum absolute atomic E-state index is 12.2. The van der Waals surface area contributed by atoms with Gasteiger partial charge in [0.25, 0.3) is 5.24 Å². The van der Waals surface area contributed by atoms with Crippen molar-refractivity contribution in [3.63, 3.8) is 0 Å². The van der Waals surface area contributed by atoms with Gasteiger partial charge < -0.3 is 10.6 Å². The van der Waals surface area contributed by atoms with Gasteiger partial charge in [-0.25, -0.2) is 0 Å². The topological polar surface area (TPSA) is 95.6 Å². The van der Waals surface area contributed by atoms with Crippen molar-refractivity contribution in [1.82, 2.24) is 10.2 Å². The fraction of sp³-hybridized carbons (Fsp3) is 0.158. The van der Waals surface area contributed by atoms with E-state index >= 15 is 0 Å². The highest BCUT2D eigenvalue weighted by Crippen LogP contribution is 2.33. The monoisotopic (exact) mass is 415 g/mol. The van der Waals surface area contributed by atoms with Crippen LogP contribution in [0.4, 0.5) is 10.5 Å². The maximum Gasteiger partial charge on any atom is 0.313 e. The lowest BCUT2D eigenvalue weighted by molar-refractivity contribution is -0.136. The van der Waals surface area contributed by atoms with Crippen LogP contribution in [-0.4, -0.2) is 46.7 Å². The highest BCUT2D eigenvalue weighted by Gasteiger charge is 2.29. The quantitative estimate of drug-likeness (QED) is 0.704. The van der Waals surface area contributed by atoms with E-state index < -0.39 is 11.8 Å². The Morgan fingerprint density at radius 2 is 1.71 bits per heavy atom. The summed E-state index contributed by atoms with van der Waals surface area (Å²) in [7, 11) is 0. The van der Waals surface area contributed by atoms with E-state index in [1.807, 2.05) is 42.5 Å². The molecule has 7 nitrogen and oxygen atoms in total. The third-order valence-corrected chi connectivity index (χ3v) is 5.72. The number of anilines is 1. The lowest BCUT2D eigenvalue weighted by Crippen LogP contribution is -2.41. The molecule has 2 aromatic carbocycles. The molecule has 2 N–H and O–H groups in total. The van der Waals surface area contributed by atoms with E-state index in [4.69, 9.17) is 0 Å². The second-order valence-electron chi connectivity index (χ2n) is 5.72. The molecule has 1 heterocycles. The fourth-order valence-electron chi connectivity index (χ4n) is 2.41. The SMILES string of the molecule is O=C(NCCN1C(=O)CSC1=O)C(=O)Nc1ccccc1Sc1ccccc1. The Labute approximate surface area is 170 Å². The number of hydrogen-bond acceptors (Lipinski definition) is 6. The molecule has 1 aliphatic heterocycles. The smallest absolute Gasteiger partial charge is 0.313 e. The highest BCUT2D eigenvalue weighted by atomic mass is 32.2. The van der Waals surface area contributed by atoms with Crippen LogP contribution in [0.1, 0.15) is 0 Å². The number of rotatable bonds is 6. The van der Waals surface area contributed by atoms with E-state index in [-0.39, 0.29) is 30.0 Å². The Bertz CT molecular complexity index is 889. The van der Waals surface area contributed by atoms with Crippen molar-refractivity contribution in [2.45, 2.75) is 9.79 Å². The first-order valence-corrected chi connectivity index (χ1v) is 10.2. The first kappa shape index (κ1) is 20.0. The number of nitrogens with one attached hydrogen (secondary N) is 2. The summed E-state index contributed by atoms with van der Waals surface area (Å²) in [4.78, 5) is 50.1. The molecule has 0 atom stereocenters. The molecule has 0 bridgehead atoms. The summed E-state index contributed by atoms with van der Waals surface area (Å²) in [6.45, 7) is 0.0643. The summed E-state index contributed by atoms with van der Waals surface area (Å²) in [6, 6.07) is 16.9. The molecule has 2 aromatic rings. The van der Waals surface area contributed by atoms with Crippen molar-refractivity contribution in [3.05, 3.63) is 54.6 Å². The maximum atomic E-state index is 12.2. The Hall–Kier alpha value is -2.78. The van der Waals surface area contributed by atoms with E-state index in [1.165, 1.54) is 11.8 Å². The number of amides is 4. The first-order valence-electron chi connectivity index (χ1n) is 8.43. The Morgan fingerprint density at radius 1 is 1.00 bits per heavy atom. The number of imide groups is 1. The summed E-state index contributed by atoms with van der Waals surface area (Å²) in [5.74, 6) is -1.82. The van der Waals surface area contributed by atoms with Gasteiger partial charge in [-0.05, 0) is 24.3 Å². The lowest BCUT2D eigenvalue weighted by atomic mass is 10.3. The standard InChI is InChI=1S/C19H17N3O4S2/c23-16-12-27-19(26)22(16)11-10-20-17(24)18(25)21-14-8-4-5-9-15(14)28-13-6-2-1-3-7-13/h1-9H,10-12H2,(H,20,24)(H,21,25). The molecule has 0 spiro atoms. The molecular weight excluding hydrogens is 398 g/mol. The fourth-order valence-corrected chi connectivity index (χ4v) is 4.09. The molecule has 9 heteroatoms. The van der Waals surface area contributed by atoms with Crippen LogP contribution < -0.4 is 10.6 Å². The largest absolute Gasteiger partial charge is 0.346 e. The minimum absolute atomic E-state index is 0.0186. The van der Waals surface area contributed by atoms with Gasteiger partial charge >= 0.3 is 11.8 Å². The molecule has 28 heavy (non-hydrogen) atoms. The van der Waals surface area contributed by atoms with Gasteiger partial charge in [0.1, 0.15) is 0 Å². The van der Waals surface area contributed by atoms with E-state index in [0.29, 0.717) is 5.69 Å². The minimum Gasteiger partial charge on any atom is -0.346 e. The van der Waals surface area contributed by atoms with Gasteiger partial charge in [0.2, 0.25) is 5.91 Å². The van der Waals surface area contributed by atoms with Gasteiger partial charge in [-0.1, -0.05) is 53.9 Å². The number of thioether (sulfide) groups is 1. The minimum atomic E-state index is -0.828. The van der Waals surface area contributed by atoms with Crippen LogP contribution in [0.2, 0.25) is 0 Å². The zero-order valence-electron chi connectivity index (χ0n) is 14.7. The van der Waals surface area contributed by atoms with Gasteiger partial charge in [0, 0.05) is 22.9 Å². The highest BCUT2D eigenvalue weighted by molar-refractivity contribution is 8.14. The number of nitrogens with zero attached hydrogens (tertiary/aromatic N) is 1. The van der Waals surface area contributed by atoms with Crippen LogP contribution in [0.3, 0.4) is 0 Å². The summed E-state index contributed by atoms with van der Waals surface area (Å²) in [5.41, 5.74) is 0.526. The zero-order valence-corrected chi connectivity index (χ0v) is 16.3. The van der Waals surface area contributed by atoms with Crippen LogP contribution in [0.15, 0.2) is 64.4 Å². The van der Waals surface area contributed by atoms with E-state index in [2.05, 4.69) is 10.6 Å². The third kappa shape index (κ3) is 5.14. The van der Waals surface area contributed by atoms with Gasteiger partial charge in [0.15, 0.2) is 0 Å². The summed E-state index contributed by atoms with van der Waals surface area (Å²) < 4.78 is 0. The van der Waals surface area contributed by atoms with Crippen LogP contribution in [0.25, 0.3) is 0 Å². The molecule has 0 radical (unpaired) electrons. The summed E-state index contributed by atoms with van der Waals surface area (Å²) in [5, 5.41) is 4.69. The molecule has 0 aromatic heterocycles. The van der Waals surface area contributed by atoms with Crippen molar-refractivity contribution in [2.75, 3.05) is 24.2 Å². The average Bonchev–Trinajstić information content (AvgIpc) is 3.02. The molecule has 4 amide bonds. The molecule has 0 aliphatic carbocycles. The third-order valence-electron chi connectivity index (χ3n) is 3.77. The Kier molecular flexibility index (Phi) is 6.72. The molecule has 144 valence electrons. The van der Waals surface area contributed by atoms with Crippen molar-refractivity contribution < 1.29 is 19.2 Å². The number of carbonyl (C=O) groups excluding carboxylic acids is 4. The van der Waals surface area contributed by atoms with Gasteiger partial charge in [0.05, 0.1) is 11.4 Å². The van der Waals surface area contributed by atoms with Crippen molar-refractivity contribution in [2.24, 2.45) is 0 Å². The van der Waals surface area contributed by atoms with Crippen molar-refractivity contribution in [1.29, 1.82) is 0 Å². The predicted molar refractivity (Wildman–Crippen MR) is 108 cm³/mol. The second-order valence-corrected chi connectivity index (χ2v) is 7.76. The number of carbonyl (C=O) groups is 4. The van der Waals surface area contributed by atoms with E-state index in [1.54, 1.807) is 12.1 Å². The zero-order chi connectivity index (χ0) is 19.9. The average molecular weight is 415 g/mol. The van der Waals surface area contributed by atoms with Crippen LogP contribution in [-0.2, 0) is 14.4 Å². The number of benzene rings is 2. The normalized spacial score (nSPS) is 13.5. The second kappa shape index (κ2) is 9.43. The summed E-state index contributed by atoms with van der Waals surface area (Å²) in [6.07, 6.45) is 0. The van der Waals surface area contributed by atoms with Crippen LogP contribution in [0.5, 0.6) is 0 Å². The Balaban J connectivity index is 1.55. The molecule has 1 aliphatic rings. The molecule has 0 saturated carbocycles. The molecule has 3 rings (SSSR count). The first-order chi connectivity index (χ1) is 13.5. The number of para-hydroxylation sites is 1. The Morgan fingerprint density at radius 3 is 2.43 bits per heavy atom. The van der Waals surface area contributed by atoms with Gasteiger partial charge in [-0.15, -0.1) is 0 Å². The predicted octanol–water partition coefficient (Wildman–Crippen LogP) is 2.59. The summed E-state index contributed by atoms with van der Waals surface area (Å²) >= 11 is 2.40.